The highest BCUT2D eigenvalue weighted by molar-refractivity contribution is 7.90. The van der Waals surface area contributed by atoms with Gasteiger partial charge in [0.2, 0.25) is 11.8 Å². The van der Waals surface area contributed by atoms with Crippen LogP contribution in [0.4, 0.5) is 4.39 Å². The SMILES string of the molecule is CNC(c1cc(-c2ccccc2F)n(S(=O)(=O)c2cccnc2)c1)N(C(=O)C1CCN(C(=O)CCl)CC1)C(C)C. The summed E-state index contributed by atoms with van der Waals surface area (Å²) in [5.41, 5.74) is 0.709. The number of hydrogen-bond donors (Lipinski definition) is 1. The fourth-order valence-corrected chi connectivity index (χ4v) is 6.62. The Bertz CT molecular complexity index is 1460. The largest absolute Gasteiger partial charge is 0.342 e. The second-order valence-electron chi connectivity index (χ2n) is 9.95. The zero-order chi connectivity index (χ0) is 29.0. The lowest BCUT2D eigenvalue weighted by atomic mass is 9.94. The molecule has 3 aromatic rings. The van der Waals surface area contributed by atoms with Gasteiger partial charge in [0.25, 0.3) is 10.0 Å². The number of rotatable bonds is 9. The molecule has 2 aromatic heterocycles. The average molecular weight is 590 g/mol. The molecule has 1 N–H and O–H groups in total. The summed E-state index contributed by atoms with van der Waals surface area (Å²) in [4.78, 5) is 33.1. The summed E-state index contributed by atoms with van der Waals surface area (Å²) in [6.45, 7) is 4.65. The number of likely N-dealkylation sites (tertiary alicyclic amines) is 1. The molecule has 0 spiro atoms. The number of benzene rings is 1. The number of piperidine rings is 1. The number of alkyl halides is 1. The Hall–Kier alpha value is -3.28. The zero-order valence-corrected chi connectivity index (χ0v) is 24.2. The molecule has 2 amide bonds. The third kappa shape index (κ3) is 5.91. The lowest BCUT2D eigenvalue weighted by molar-refractivity contribution is -0.144. The number of nitrogens with zero attached hydrogens (tertiary/aromatic N) is 4. The van der Waals surface area contributed by atoms with E-state index in [9.17, 15) is 22.4 Å². The number of halogens is 2. The van der Waals surface area contributed by atoms with E-state index in [0.717, 1.165) is 3.97 Å². The highest BCUT2D eigenvalue weighted by Gasteiger charge is 2.36. The molecule has 40 heavy (non-hydrogen) atoms. The van der Waals surface area contributed by atoms with E-state index in [1.165, 1.54) is 48.9 Å². The molecule has 1 unspecified atom stereocenters. The molecule has 214 valence electrons. The maximum Gasteiger partial charge on any atom is 0.269 e. The molecule has 0 radical (unpaired) electrons. The topological polar surface area (TPSA) is 105 Å². The van der Waals surface area contributed by atoms with Gasteiger partial charge < -0.3 is 9.80 Å². The molecular formula is C28H33ClFN5O4S. The molecule has 1 fully saturated rings. The Balaban J connectivity index is 1.75. The van der Waals surface area contributed by atoms with Crippen molar-refractivity contribution in [2.45, 2.75) is 43.8 Å². The first-order valence-electron chi connectivity index (χ1n) is 13.1. The van der Waals surface area contributed by atoms with Crippen LogP contribution in [0.25, 0.3) is 11.3 Å². The third-order valence-corrected chi connectivity index (χ3v) is 9.02. The Kier molecular flexibility index (Phi) is 9.27. The van der Waals surface area contributed by atoms with Gasteiger partial charge in [-0.3, -0.25) is 19.9 Å². The minimum Gasteiger partial charge on any atom is -0.342 e. The van der Waals surface area contributed by atoms with Crippen LogP contribution in [0.2, 0.25) is 0 Å². The molecular weight excluding hydrogens is 557 g/mol. The van der Waals surface area contributed by atoms with Gasteiger partial charge in [0.1, 0.15) is 22.8 Å². The molecule has 12 heteroatoms. The number of aromatic nitrogens is 2. The Morgan fingerprint density at radius 2 is 1.88 bits per heavy atom. The van der Waals surface area contributed by atoms with Gasteiger partial charge in [-0.2, -0.15) is 0 Å². The predicted octanol–water partition coefficient (Wildman–Crippen LogP) is 3.86. The van der Waals surface area contributed by atoms with Gasteiger partial charge in [0.15, 0.2) is 0 Å². The van der Waals surface area contributed by atoms with Crippen molar-refractivity contribution in [3.8, 4) is 11.3 Å². The van der Waals surface area contributed by atoms with Crippen LogP contribution in [0, 0.1) is 11.7 Å². The van der Waals surface area contributed by atoms with E-state index in [0.29, 0.717) is 31.5 Å². The maximum atomic E-state index is 15.0. The van der Waals surface area contributed by atoms with Crippen molar-refractivity contribution in [1.29, 1.82) is 0 Å². The monoisotopic (exact) mass is 589 g/mol. The van der Waals surface area contributed by atoms with E-state index in [1.54, 1.807) is 29.0 Å². The van der Waals surface area contributed by atoms with Crippen molar-refractivity contribution >= 4 is 33.4 Å². The van der Waals surface area contributed by atoms with Crippen LogP contribution in [-0.4, -0.2) is 71.0 Å². The zero-order valence-electron chi connectivity index (χ0n) is 22.6. The summed E-state index contributed by atoms with van der Waals surface area (Å²) >= 11 is 5.70. The maximum absolute atomic E-state index is 15.0. The van der Waals surface area contributed by atoms with Crippen molar-refractivity contribution in [3.05, 3.63) is 72.4 Å². The second kappa shape index (κ2) is 12.5. The Morgan fingerprint density at radius 3 is 2.45 bits per heavy atom. The number of nitrogens with one attached hydrogen (secondary N) is 1. The molecule has 0 aliphatic carbocycles. The predicted molar refractivity (Wildman–Crippen MR) is 150 cm³/mol. The molecule has 0 bridgehead atoms. The lowest BCUT2D eigenvalue weighted by Crippen LogP contribution is -2.50. The van der Waals surface area contributed by atoms with E-state index in [2.05, 4.69) is 10.3 Å². The van der Waals surface area contributed by atoms with E-state index in [1.807, 2.05) is 13.8 Å². The van der Waals surface area contributed by atoms with Gasteiger partial charge >= 0.3 is 0 Å². The standard InChI is InChI=1S/C28H33ClFN5O4S/c1-19(2)35(28(37)20-10-13-33(14-11-20)26(36)16-29)27(31-3)21-15-25(23-8-4-5-9-24(23)30)34(18-21)40(38,39)22-7-6-12-32-17-22/h4-9,12,15,17-20,27,31H,10-11,13-14,16H2,1-3H3. The van der Waals surface area contributed by atoms with Gasteiger partial charge in [0.05, 0.1) is 5.69 Å². The molecule has 1 aliphatic rings. The van der Waals surface area contributed by atoms with E-state index >= 15 is 0 Å². The van der Waals surface area contributed by atoms with Crippen molar-refractivity contribution in [1.82, 2.24) is 24.1 Å². The highest BCUT2D eigenvalue weighted by Crippen LogP contribution is 2.34. The molecule has 1 saturated heterocycles. The fraction of sp³-hybridized carbons (Fsp3) is 0.393. The van der Waals surface area contributed by atoms with Gasteiger partial charge in [-0.05, 0) is 64.1 Å². The molecule has 3 heterocycles. The smallest absolute Gasteiger partial charge is 0.269 e. The van der Waals surface area contributed by atoms with Crippen LogP contribution < -0.4 is 5.32 Å². The van der Waals surface area contributed by atoms with E-state index in [4.69, 9.17) is 11.6 Å². The first-order valence-corrected chi connectivity index (χ1v) is 15.0. The normalized spacial score (nSPS) is 15.3. The summed E-state index contributed by atoms with van der Waals surface area (Å²) in [6, 6.07) is 10.2. The van der Waals surface area contributed by atoms with E-state index in [-0.39, 0.29) is 45.8 Å². The van der Waals surface area contributed by atoms with Gasteiger partial charge in [-0.1, -0.05) is 12.1 Å². The van der Waals surface area contributed by atoms with Crippen molar-refractivity contribution in [2.24, 2.45) is 5.92 Å². The van der Waals surface area contributed by atoms with Gasteiger partial charge in [-0.25, -0.2) is 16.8 Å². The van der Waals surface area contributed by atoms with Crippen LogP contribution in [0.15, 0.2) is 66.0 Å². The van der Waals surface area contributed by atoms with Gasteiger partial charge in [0, 0.05) is 54.8 Å². The molecule has 0 saturated carbocycles. The summed E-state index contributed by atoms with van der Waals surface area (Å²) in [6.07, 6.45) is 4.43. The molecule has 1 atom stereocenters. The first kappa shape index (κ1) is 29.7. The summed E-state index contributed by atoms with van der Waals surface area (Å²) in [5, 5.41) is 3.16. The second-order valence-corrected chi connectivity index (χ2v) is 12.0. The number of carbonyl (C=O) groups excluding carboxylic acids is 2. The number of amides is 2. The Morgan fingerprint density at radius 1 is 1.18 bits per heavy atom. The van der Waals surface area contributed by atoms with E-state index < -0.39 is 22.0 Å². The highest BCUT2D eigenvalue weighted by atomic mass is 35.5. The Labute approximate surface area is 239 Å². The molecule has 4 rings (SSSR count). The van der Waals surface area contributed by atoms with Crippen LogP contribution in [0.1, 0.15) is 38.4 Å². The van der Waals surface area contributed by atoms with Crippen LogP contribution in [0.3, 0.4) is 0 Å². The molecule has 1 aromatic carbocycles. The van der Waals surface area contributed by atoms with Crippen LogP contribution >= 0.6 is 11.6 Å². The van der Waals surface area contributed by atoms with Crippen LogP contribution in [-0.2, 0) is 19.6 Å². The van der Waals surface area contributed by atoms with Crippen LogP contribution in [0.5, 0.6) is 0 Å². The van der Waals surface area contributed by atoms with Crippen molar-refractivity contribution in [2.75, 3.05) is 26.0 Å². The number of hydrogen-bond acceptors (Lipinski definition) is 6. The fourth-order valence-electron chi connectivity index (χ4n) is 5.11. The van der Waals surface area contributed by atoms with Crippen molar-refractivity contribution < 1.29 is 22.4 Å². The number of pyridine rings is 1. The third-order valence-electron chi connectivity index (χ3n) is 7.14. The molecule has 9 nitrogen and oxygen atoms in total. The quantitative estimate of drug-likeness (QED) is 0.300. The first-order chi connectivity index (χ1) is 19.1. The lowest BCUT2D eigenvalue weighted by Gasteiger charge is -2.39. The summed E-state index contributed by atoms with van der Waals surface area (Å²) in [5.74, 6) is -1.25. The van der Waals surface area contributed by atoms with Gasteiger partial charge in [-0.15, -0.1) is 11.6 Å². The average Bonchev–Trinajstić information content (AvgIpc) is 3.41. The summed E-state index contributed by atoms with van der Waals surface area (Å²) in [7, 11) is -2.47. The number of carbonyl (C=O) groups is 2. The molecule has 1 aliphatic heterocycles. The minimum atomic E-state index is -4.15. The summed E-state index contributed by atoms with van der Waals surface area (Å²) < 4.78 is 43.5. The van der Waals surface area contributed by atoms with Crippen molar-refractivity contribution in [3.63, 3.8) is 0 Å². The minimum absolute atomic E-state index is 0.0502.